The SMILES string of the molecule is CO[C@H](C)[C@H](NC(=O)CCOCCNC(=O)OCC1c2ccccc2-c2ccccc21)C(=O)O. The van der Waals surface area contributed by atoms with Crippen LogP contribution in [0.5, 0.6) is 0 Å². The zero-order valence-electron chi connectivity index (χ0n) is 19.3. The molecule has 0 unspecified atom stereocenters. The van der Waals surface area contributed by atoms with Crippen LogP contribution >= 0.6 is 0 Å². The van der Waals surface area contributed by atoms with Crippen LogP contribution in [-0.4, -0.2) is 68.7 Å². The second-order valence-corrected chi connectivity index (χ2v) is 7.94. The van der Waals surface area contributed by atoms with Gasteiger partial charge in [0.25, 0.3) is 0 Å². The van der Waals surface area contributed by atoms with E-state index in [4.69, 9.17) is 19.3 Å². The topological polar surface area (TPSA) is 123 Å². The summed E-state index contributed by atoms with van der Waals surface area (Å²) in [6.07, 6.45) is -1.21. The minimum absolute atomic E-state index is 0.00877. The number of aliphatic carboxylic acids is 1. The van der Waals surface area contributed by atoms with Gasteiger partial charge in [-0.3, -0.25) is 4.79 Å². The van der Waals surface area contributed by atoms with E-state index in [1.807, 2.05) is 24.3 Å². The Morgan fingerprint density at radius 1 is 1.00 bits per heavy atom. The summed E-state index contributed by atoms with van der Waals surface area (Å²) in [6.45, 7) is 2.28. The summed E-state index contributed by atoms with van der Waals surface area (Å²) in [7, 11) is 1.37. The first-order valence-corrected chi connectivity index (χ1v) is 11.1. The minimum atomic E-state index is -1.17. The first-order valence-electron chi connectivity index (χ1n) is 11.1. The van der Waals surface area contributed by atoms with Gasteiger partial charge in [-0.2, -0.15) is 0 Å². The van der Waals surface area contributed by atoms with E-state index >= 15 is 0 Å². The number of carbonyl (C=O) groups is 3. The molecule has 0 aliphatic heterocycles. The van der Waals surface area contributed by atoms with Crippen LogP contribution < -0.4 is 10.6 Å². The van der Waals surface area contributed by atoms with Gasteiger partial charge in [0.2, 0.25) is 5.91 Å². The Hall–Kier alpha value is -3.43. The van der Waals surface area contributed by atoms with Gasteiger partial charge in [0, 0.05) is 26.0 Å². The van der Waals surface area contributed by atoms with Gasteiger partial charge in [-0.15, -0.1) is 0 Å². The lowest BCUT2D eigenvalue weighted by Crippen LogP contribution is -2.48. The molecule has 3 N–H and O–H groups in total. The average Bonchev–Trinajstić information content (AvgIpc) is 3.16. The maximum atomic E-state index is 12.1. The average molecular weight is 471 g/mol. The van der Waals surface area contributed by atoms with Crippen molar-refractivity contribution in [3.05, 3.63) is 59.7 Å². The van der Waals surface area contributed by atoms with Crippen LogP contribution in [0.3, 0.4) is 0 Å². The summed E-state index contributed by atoms with van der Waals surface area (Å²) in [6, 6.07) is 15.1. The van der Waals surface area contributed by atoms with Crippen LogP contribution in [-0.2, 0) is 23.8 Å². The summed E-state index contributed by atoms with van der Waals surface area (Å²) >= 11 is 0. The van der Waals surface area contributed by atoms with Crippen molar-refractivity contribution >= 4 is 18.0 Å². The zero-order chi connectivity index (χ0) is 24.5. The van der Waals surface area contributed by atoms with Crippen molar-refractivity contribution in [3.63, 3.8) is 0 Å². The van der Waals surface area contributed by atoms with E-state index in [-0.39, 0.29) is 38.7 Å². The van der Waals surface area contributed by atoms with E-state index in [1.165, 1.54) is 7.11 Å². The first-order chi connectivity index (χ1) is 16.4. The maximum Gasteiger partial charge on any atom is 0.407 e. The highest BCUT2D eigenvalue weighted by Gasteiger charge is 2.29. The van der Waals surface area contributed by atoms with Crippen molar-refractivity contribution < 1.29 is 33.7 Å². The highest BCUT2D eigenvalue weighted by molar-refractivity contribution is 5.84. The fraction of sp³-hybridized carbons (Fsp3) is 0.400. The van der Waals surface area contributed by atoms with Gasteiger partial charge in [-0.25, -0.2) is 9.59 Å². The molecule has 0 fully saturated rings. The molecular weight excluding hydrogens is 440 g/mol. The number of alkyl carbamates (subject to hydrolysis) is 1. The molecule has 0 aromatic heterocycles. The standard InChI is InChI=1S/C25H30N2O7/c1-16(32-2)23(24(29)30)27-22(28)11-13-33-14-12-26-25(31)34-15-21-19-9-5-3-7-17(19)18-8-4-6-10-20(18)21/h3-10,16,21,23H,11-15H2,1-2H3,(H,26,31)(H,27,28)(H,29,30)/t16-,23+/m1/s1. The highest BCUT2D eigenvalue weighted by Crippen LogP contribution is 2.44. The van der Waals surface area contributed by atoms with Crippen LogP contribution in [0.1, 0.15) is 30.4 Å². The van der Waals surface area contributed by atoms with Crippen LogP contribution in [0.15, 0.2) is 48.5 Å². The van der Waals surface area contributed by atoms with Gasteiger partial charge in [-0.1, -0.05) is 48.5 Å². The van der Waals surface area contributed by atoms with E-state index in [2.05, 4.69) is 34.9 Å². The van der Waals surface area contributed by atoms with Gasteiger partial charge < -0.3 is 30.0 Å². The molecular formula is C25H30N2O7. The molecule has 34 heavy (non-hydrogen) atoms. The van der Waals surface area contributed by atoms with Gasteiger partial charge in [-0.05, 0) is 29.2 Å². The third kappa shape index (κ3) is 6.33. The summed E-state index contributed by atoms with van der Waals surface area (Å²) in [5.41, 5.74) is 4.61. The molecule has 9 heteroatoms. The second kappa shape index (κ2) is 12.2. The molecule has 182 valence electrons. The summed E-state index contributed by atoms with van der Waals surface area (Å²) in [5.74, 6) is -1.64. The Morgan fingerprint density at radius 2 is 1.62 bits per heavy atom. The Kier molecular flexibility index (Phi) is 9.00. The van der Waals surface area contributed by atoms with Crippen molar-refractivity contribution in [3.8, 4) is 11.1 Å². The Morgan fingerprint density at radius 3 is 2.21 bits per heavy atom. The normalized spacial score (nSPS) is 13.9. The van der Waals surface area contributed by atoms with Crippen molar-refractivity contribution in [2.45, 2.75) is 31.4 Å². The number of amides is 2. The number of hydrogen-bond donors (Lipinski definition) is 3. The minimum Gasteiger partial charge on any atom is -0.480 e. The number of benzene rings is 2. The van der Waals surface area contributed by atoms with Crippen molar-refractivity contribution in [1.82, 2.24) is 10.6 Å². The number of rotatable bonds is 12. The molecule has 2 aromatic carbocycles. The number of nitrogens with one attached hydrogen (secondary N) is 2. The van der Waals surface area contributed by atoms with Gasteiger partial charge in [0.15, 0.2) is 6.04 Å². The zero-order valence-corrected chi connectivity index (χ0v) is 19.3. The van der Waals surface area contributed by atoms with Crippen molar-refractivity contribution in [1.29, 1.82) is 0 Å². The van der Waals surface area contributed by atoms with Crippen LogP contribution in [0.2, 0.25) is 0 Å². The van der Waals surface area contributed by atoms with E-state index in [9.17, 15) is 14.4 Å². The smallest absolute Gasteiger partial charge is 0.407 e. The number of carbonyl (C=O) groups excluding carboxylic acids is 2. The summed E-state index contributed by atoms with van der Waals surface area (Å²) < 4.78 is 15.8. The number of fused-ring (bicyclic) bond motifs is 3. The Labute approximate surface area is 198 Å². The molecule has 0 saturated carbocycles. The van der Waals surface area contributed by atoms with Gasteiger partial charge in [0.1, 0.15) is 6.61 Å². The monoisotopic (exact) mass is 470 g/mol. The molecule has 0 bridgehead atoms. The summed E-state index contributed by atoms with van der Waals surface area (Å²) in [5, 5.41) is 14.2. The van der Waals surface area contributed by atoms with Crippen LogP contribution in [0.4, 0.5) is 4.79 Å². The quantitative estimate of drug-likeness (QED) is 0.407. The Balaban J connectivity index is 1.34. The first kappa shape index (κ1) is 25.2. The molecule has 2 atom stereocenters. The van der Waals surface area contributed by atoms with Crippen molar-refractivity contribution in [2.75, 3.05) is 33.5 Å². The fourth-order valence-electron chi connectivity index (χ4n) is 3.90. The number of ether oxygens (including phenoxy) is 3. The van der Waals surface area contributed by atoms with E-state index in [1.54, 1.807) is 6.92 Å². The number of carboxylic acids is 1. The molecule has 0 heterocycles. The van der Waals surface area contributed by atoms with E-state index < -0.39 is 30.1 Å². The fourth-order valence-corrected chi connectivity index (χ4v) is 3.90. The predicted octanol–water partition coefficient (Wildman–Crippen LogP) is 2.54. The Bertz CT molecular complexity index is 965. The molecule has 9 nitrogen and oxygen atoms in total. The molecule has 2 aromatic rings. The molecule has 1 aliphatic rings. The van der Waals surface area contributed by atoms with E-state index in [0.717, 1.165) is 22.3 Å². The number of methoxy groups -OCH3 is 1. The van der Waals surface area contributed by atoms with Crippen molar-refractivity contribution in [2.24, 2.45) is 0 Å². The molecule has 0 spiro atoms. The second-order valence-electron chi connectivity index (χ2n) is 7.94. The lowest BCUT2D eigenvalue weighted by atomic mass is 9.98. The molecule has 0 radical (unpaired) electrons. The molecule has 1 aliphatic carbocycles. The molecule has 0 saturated heterocycles. The lowest BCUT2D eigenvalue weighted by molar-refractivity contribution is -0.145. The van der Waals surface area contributed by atoms with Crippen LogP contribution in [0.25, 0.3) is 11.1 Å². The van der Waals surface area contributed by atoms with Crippen LogP contribution in [0, 0.1) is 0 Å². The maximum absolute atomic E-state index is 12.1. The third-order valence-electron chi connectivity index (χ3n) is 5.76. The highest BCUT2D eigenvalue weighted by atomic mass is 16.5. The van der Waals surface area contributed by atoms with Gasteiger partial charge >= 0.3 is 12.1 Å². The largest absolute Gasteiger partial charge is 0.480 e. The predicted molar refractivity (Wildman–Crippen MR) is 125 cm³/mol. The van der Waals surface area contributed by atoms with E-state index in [0.29, 0.717) is 0 Å². The molecule has 2 amide bonds. The van der Waals surface area contributed by atoms with Gasteiger partial charge in [0.05, 0.1) is 19.3 Å². The number of hydrogen-bond acceptors (Lipinski definition) is 6. The number of carboxylic acid groups (broad SMARTS) is 1. The molecule has 3 rings (SSSR count). The third-order valence-corrected chi connectivity index (χ3v) is 5.76. The summed E-state index contributed by atoms with van der Waals surface area (Å²) in [4.78, 5) is 35.2. The lowest BCUT2D eigenvalue weighted by Gasteiger charge is -2.20.